The van der Waals surface area contributed by atoms with Gasteiger partial charge in [-0.25, -0.2) is 4.79 Å². The molecular weight excluding hydrogens is 316 g/mol. The van der Waals surface area contributed by atoms with Crippen molar-refractivity contribution in [2.75, 3.05) is 0 Å². The van der Waals surface area contributed by atoms with Gasteiger partial charge in [-0.3, -0.25) is 4.79 Å². The van der Waals surface area contributed by atoms with Crippen LogP contribution in [0, 0.1) is 29.1 Å². The zero-order chi connectivity index (χ0) is 18.2. The molecule has 0 aromatic rings. The van der Waals surface area contributed by atoms with E-state index in [0.29, 0.717) is 29.2 Å². The molecule has 0 aliphatic heterocycles. The SMILES string of the molecule is C=C(C)C(=O)OC12C3CCC(C3)C1C1CCC2(C(=O)OC(C)(C)C)C1. The van der Waals surface area contributed by atoms with Crippen LogP contribution in [0.5, 0.6) is 0 Å². The van der Waals surface area contributed by atoms with E-state index in [1.807, 2.05) is 20.8 Å². The van der Waals surface area contributed by atoms with Gasteiger partial charge in [0.2, 0.25) is 0 Å². The molecule has 138 valence electrons. The molecule has 25 heavy (non-hydrogen) atoms. The van der Waals surface area contributed by atoms with Crippen molar-refractivity contribution < 1.29 is 19.1 Å². The van der Waals surface area contributed by atoms with Crippen molar-refractivity contribution in [3.63, 3.8) is 0 Å². The van der Waals surface area contributed by atoms with Gasteiger partial charge in [-0.1, -0.05) is 6.58 Å². The molecule has 4 rings (SSSR count). The van der Waals surface area contributed by atoms with Gasteiger partial charge in [0.15, 0.2) is 0 Å². The first-order valence-corrected chi connectivity index (χ1v) is 9.73. The van der Waals surface area contributed by atoms with Crippen molar-refractivity contribution in [2.45, 2.75) is 77.4 Å². The Hall–Kier alpha value is -1.32. The molecule has 0 radical (unpaired) electrons. The molecule has 6 unspecified atom stereocenters. The minimum Gasteiger partial charge on any atom is -0.459 e. The number of carbonyl (C=O) groups excluding carboxylic acids is 2. The van der Waals surface area contributed by atoms with E-state index in [-0.39, 0.29) is 11.9 Å². The Morgan fingerprint density at radius 1 is 1.12 bits per heavy atom. The molecular formula is C21H30O4. The first-order valence-electron chi connectivity index (χ1n) is 9.73. The molecule has 4 bridgehead atoms. The number of fused-ring (bicyclic) bond motifs is 9. The third-order valence-corrected chi connectivity index (χ3v) is 7.29. The molecule has 0 aromatic carbocycles. The van der Waals surface area contributed by atoms with E-state index in [1.165, 1.54) is 6.42 Å². The van der Waals surface area contributed by atoms with E-state index >= 15 is 0 Å². The lowest BCUT2D eigenvalue weighted by molar-refractivity contribution is -0.212. The zero-order valence-corrected chi connectivity index (χ0v) is 15.9. The Labute approximate surface area is 150 Å². The van der Waals surface area contributed by atoms with Gasteiger partial charge in [0.05, 0.1) is 0 Å². The summed E-state index contributed by atoms with van der Waals surface area (Å²) in [6, 6.07) is 0. The Balaban J connectivity index is 1.78. The second-order valence-corrected chi connectivity index (χ2v) is 9.85. The van der Waals surface area contributed by atoms with Crippen molar-refractivity contribution in [3.05, 3.63) is 12.2 Å². The van der Waals surface area contributed by atoms with E-state index in [2.05, 4.69) is 6.58 Å². The lowest BCUT2D eigenvalue weighted by Crippen LogP contribution is -2.61. The van der Waals surface area contributed by atoms with Crippen LogP contribution in [0.3, 0.4) is 0 Å². The third-order valence-electron chi connectivity index (χ3n) is 7.29. The van der Waals surface area contributed by atoms with E-state index in [1.54, 1.807) is 6.92 Å². The van der Waals surface area contributed by atoms with Crippen LogP contribution in [-0.4, -0.2) is 23.1 Å². The quantitative estimate of drug-likeness (QED) is 0.440. The maximum atomic E-state index is 13.4. The van der Waals surface area contributed by atoms with Crippen LogP contribution in [0.1, 0.15) is 66.2 Å². The summed E-state index contributed by atoms with van der Waals surface area (Å²) >= 11 is 0. The minimum absolute atomic E-state index is 0.146. The van der Waals surface area contributed by atoms with Gasteiger partial charge in [-0.2, -0.15) is 0 Å². The first-order chi connectivity index (χ1) is 11.6. The highest BCUT2D eigenvalue weighted by Gasteiger charge is 2.80. The monoisotopic (exact) mass is 346 g/mol. The summed E-state index contributed by atoms with van der Waals surface area (Å²) in [6.45, 7) is 11.2. The molecule has 0 spiro atoms. The number of esters is 2. The summed E-state index contributed by atoms with van der Waals surface area (Å²) in [5.74, 6) is 1.22. The summed E-state index contributed by atoms with van der Waals surface area (Å²) in [4.78, 5) is 25.9. The van der Waals surface area contributed by atoms with Crippen LogP contribution in [0.2, 0.25) is 0 Å². The number of hydrogen-bond acceptors (Lipinski definition) is 4. The average molecular weight is 346 g/mol. The predicted molar refractivity (Wildman–Crippen MR) is 93.6 cm³/mol. The molecule has 4 saturated carbocycles. The molecule has 6 atom stereocenters. The van der Waals surface area contributed by atoms with Gasteiger partial charge < -0.3 is 9.47 Å². The predicted octanol–water partition coefficient (Wildman–Crippen LogP) is 4.03. The van der Waals surface area contributed by atoms with E-state index in [9.17, 15) is 9.59 Å². The first kappa shape index (κ1) is 17.1. The van der Waals surface area contributed by atoms with Gasteiger partial charge in [-0.05, 0) is 78.1 Å². The van der Waals surface area contributed by atoms with Gasteiger partial charge in [0.25, 0.3) is 0 Å². The Kier molecular flexibility index (Phi) is 3.50. The van der Waals surface area contributed by atoms with Crippen molar-refractivity contribution in [3.8, 4) is 0 Å². The maximum Gasteiger partial charge on any atom is 0.333 e. The lowest BCUT2D eigenvalue weighted by Gasteiger charge is -2.51. The smallest absolute Gasteiger partial charge is 0.333 e. The second kappa shape index (κ2) is 5.11. The van der Waals surface area contributed by atoms with Gasteiger partial charge >= 0.3 is 11.9 Å². The molecule has 0 saturated heterocycles. The Bertz CT molecular complexity index is 645. The minimum atomic E-state index is -0.656. The van der Waals surface area contributed by atoms with Crippen molar-refractivity contribution in [1.82, 2.24) is 0 Å². The summed E-state index contributed by atoms with van der Waals surface area (Å²) < 4.78 is 12.1. The summed E-state index contributed by atoms with van der Waals surface area (Å²) in [6.07, 6.45) is 6.03. The van der Waals surface area contributed by atoms with Crippen LogP contribution in [0.15, 0.2) is 12.2 Å². The third kappa shape index (κ3) is 2.12. The fourth-order valence-electron chi connectivity index (χ4n) is 6.75. The van der Waals surface area contributed by atoms with Gasteiger partial charge in [-0.15, -0.1) is 0 Å². The molecule has 0 heterocycles. The Morgan fingerprint density at radius 2 is 1.84 bits per heavy atom. The van der Waals surface area contributed by atoms with Gasteiger partial charge in [0, 0.05) is 17.4 Å². The van der Waals surface area contributed by atoms with Crippen LogP contribution >= 0.6 is 0 Å². The summed E-state index contributed by atoms with van der Waals surface area (Å²) in [5.41, 5.74) is -1.42. The normalized spacial score (nSPS) is 43.8. The Morgan fingerprint density at radius 3 is 2.48 bits per heavy atom. The summed E-state index contributed by atoms with van der Waals surface area (Å²) in [5, 5.41) is 0. The molecule has 4 heteroatoms. The average Bonchev–Trinajstić information content (AvgIpc) is 3.23. The van der Waals surface area contributed by atoms with E-state index < -0.39 is 16.6 Å². The van der Waals surface area contributed by atoms with Crippen LogP contribution in [0.25, 0.3) is 0 Å². The van der Waals surface area contributed by atoms with Crippen LogP contribution in [0.4, 0.5) is 0 Å². The fourth-order valence-corrected chi connectivity index (χ4v) is 6.75. The summed E-state index contributed by atoms with van der Waals surface area (Å²) in [7, 11) is 0. The van der Waals surface area contributed by atoms with E-state index in [4.69, 9.17) is 9.47 Å². The van der Waals surface area contributed by atoms with Crippen molar-refractivity contribution >= 4 is 11.9 Å². The maximum absolute atomic E-state index is 13.4. The second-order valence-electron chi connectivity index (χ2n) is 9.85. The molecule has 4 nitrogen and oxygen atoms in total. The number of hydrogen-bond donors (Lipinski definition) is 0. The van der Waals surface area contributed by atoms with Gasteiger partial charge in [0.1, 0.15) is 16.6 Å². The highest BCUT2D eigenvalue weighted by molar-refractivity contribution is 5.89. The molecule has 4 fully saturated rings. The lowest BCUT2D eigenvalue weighted by atomic mass is 9.60. The number of carbonyl (C=O) groups is 2. The van der Waals surface area contributed by atoms with Crippen LogP contribution < -0.4 is 0 Å². The standard InChI is InChI=1S/C21H30O4/c1-12(2)17(22)24-21-15-7-6-13(10-15)16(21)14-8-9-20(21,11-14)18(23)25-19(3,4)5/h13-16H,1,6-11H2,2-5H3. The molecule has 0 aromatic heterocycles. The molecule has 0 N–H and O–H groups in total. The highest BCUT2D eigenvalue weighted by Crippen LogP contribution is 2.76. The number of ether oxygens (including phenoxy) is 2. The largest absolute Gasteiger partial charge is 0.459 e. The topological polar surface area (TPSA) is 52.6 Å². The zero-order valence-electron chi connectivity index (χ0n) is 15.9. The highest BCUT2D eigenvalue weighted by atomic mass is 16.6. The van der Waals surface area contributed by atoms with E-state index in [0.717, 1.165) is 32.1 Å². The number of rotatable bonds is 3. The van der Waals surface area contributed by atoms with Crippen LogP contribution in [-0.2, 0) is 19.1 Å². The van der Waals surface area contributed by atoms with Crippen molar-refractivity contribution in [2.24, 2.45) is 29.1 Å². The molecule has 4 aliphatic rings. The van der Waals surface area contributed by atoms with Crippen molar-refractivity contribution in [1.29, 1.82) is 0 Å². The molecule has 4 aliphatic carbocycles. The molecule has 0 amide bonds. The fraction of sp³-hybridized carbons (Fsp3) is 0.810.